The minimum Gasteiger partial charge on any atom is -0.387 e. The third kappa shape index (κ3) is 4.04. The van der Waals surface area contributed by atoms with Gasteiger partial charge < -0.3 is 15.7 Å². The molecule has 1 heterocycles. The number of rotatable bonds is 4. The van der Waals surface area contributed by atoms with Gasteiger partial charge in [-0.1, -0.05) is 35.9 Å². The molecule has 0 spiro atoms. The van der Waals surface area contributed by atoms with E-state index in [1.54, 1.807) is 18.2 Å². The van der Waals surface area contributed by atoms with Crippen LogP contribution in [0.5, 0.6) is 0 Å². The van der Waals surface area contributed by atoms with Crippen LogP contribution in [-0.4, -0.2) is 23.5 Å². The van der Waals surface area contributed by atoms with E-state index in [1.807, 2.05) is 36.6 Å². The van der Waals surface area contributed by atoms with Crippen molar-refractivity contribution in [3.63, 3.8) is 0 Å². The van der Waals surface area contributed by atoms with E-state index in [-0.39, 0.29) is 6.54 Å². The average molecular weight is 389 g/mol. The number of anilines is 1. The van der Waals surface area contributed by atoms with Crippen LogP contribution in [0.4, 0.5) is 5.69 Å². The lowest BCUT2D eigenvalue weighted by atomic mass is 10.1. The molecule has 2 aromatic carbocycles. The molecule has 2 amide bonds. The number of aliphatic hydroxyl groups is 1. The Hall–Kier alpha value is -2.41. The lowest BCUT2D eigenvalue weighted by Crippen LogP contribution is -2.37. The second-order valence-corrected chi connectivity index (χ2v) is 7.15. The molecule has 0 fully saturated rings. The van der Waals surface area contributed by atoms with Gasteiger partial charge in [0.15, 0.2) is 0 Å². The van der Waals surface area contributed by atoms with E-state index >= 15 is 0 Å². The van der Waals surface area contributed by atoms with Gasteiger partial charge >= 0.3 is 11.8 Å². The molecule has 0 aliphatic rings. The maximum Gasteiger partial charge on any atom is 0.313 e. The molecule has 1 atom stereocenters. The summed E-state index contributed by atoms with van der Waals surface area (Å²) in [5, 5.41) is 18.6. The van der Waals surface area contributed by atoms with E-state index in [0.717, 1.165) is 21.2 Å². The van der Waals surface area contributed by atoms with Crippen LogP contribution < -0.4 is 10.6 Å². The first-order valence-corrected chi connectivity index (χ1v) is 9.21. The number of halogens is 1. The minimum atomic E-state index is -0.892. The van der Waals surface area contributed by atoms with Crippen LogP contribution in [0, 0.1) is 6.92 Å². The molecule has 3 rings (SSSR count). The molecule has 0 radical (unpaired) electrons. The molecule has 0 saturated heterocycles. The van der Waals surface area contributed by atoms with E-state index in [9.17, 15) is 14.7 Å². The summed E-state index contributed by atoms with van der Waals surface area (Å²) in [7, 11) is 0. The summed E-state index contributed by atoms with van der Waals surface area (Å²) >= 11 is 7.52. The van der Waals surface area contributed by atoms with Crippen molar-refractivity contribution in [3.05, 3.63) is 64.0 Å². The van der Waals surface area contributed by atoms with Gasteiger partial charge in [-0.25, -0.2) is 0 Å². The topological polar surface area (TPSA) is 78.4 Å². The van der Waals surface area contributed by atoms with Gasteiger partial charge in [-0.3, -0.25) is 9.59 Å². The highest BCUT2D eigenvalue weighted by molar-refractivity contribution is 7.17. The molecule has 1 aromatic heterocycles. The van der Waals surface area contributed by atoms with Crippen molar-refractivity contribution in [1.82, 2.24) is 5.32 Å². The van der Waals surface area contributed by atoms with Crippen molar-refractivity contribution >= 4 is 50.5 Å². The number of benzene rings is 2. The first kappa shape index (κ1) is 18.4. The second-order valence-electron chi connectivity index (χ2n) is 5.83. The Morgan fingerprint density at radius 1 is 1.19 bits per heavy atom. The molecule has 0 aliphatic heterocycles. The smallest absolute Gasteiger partial charge is 0.313 e. The van der Waals surface area contributed by atoms with Crippen molar-refractivity contribution in [1.29, 1.82) is 0 Å². The maximum absolute atomic E-state index is 12.0. The number of fused-ring (bicyclic) bond motifs is 1. The zero-order valence-electron chi connectivity index (χ0n) is 14.0. The Labute approximate surface area is 159 Å². The largest absolute Gasteiger partial charge is 0.387 e. The average Bonchev–Trinajstić information content (AvgIpc) is 3.06. The van der Waals surface area contributed by atoms with Crippen molar-refractivity contribution < 1.29 is 14.7 Å². The fourth-order valence-corrected chi connectivity index (χ4v) is 3.68. The summed E-state index contributed by atoms with van der Waals surface area (Å²) in [5.74, 6) is -1.63. The van der Waals surface area contributed by atoms with Crippen LogP contribution >= 0.6 is 22.9 Å². The summed E-state index contributed by atoms with van der Waals surface area (Å²) in [6.07, 6.45) is -0.892. The Bertz CT molecular complexity index is 970. The SMILES string of the molecule is Cc1ccc(NC(=O)C(=O)NCC(O)c2csc3ccccc23)cc1Cl. The van der Waals surface area contributed by atoms with Crippen LogP contribution in [0.3, 0.4) is 0 Å². The molecule has 7 heteroatoms. The van der Waals surface area contributed by atoms with Crippen LogP contribution in [0.25, 0.3) is 10.1 Å². The summed E-state index contributed by atoms with van der Waals surface area (Å²) < 4.78 is 1.06. The van der Waals surface area contributed by atoms with Gasteiger partial charge in [-0.05, 0) is 41.5 Å². The molecule has 0 bridgehead atoms. The zero-order valence-corrected chi connectivity index (χ0v) is 15.5. The Morgan fingerprint density at radius 2 is 1.96 bits per heavy atom. The van der Waals surface area contributed by atoms with E-state index in [0.29, 0.717) is 10.7 Å². The quantitative estimate of drug-likeness (QED) is 0.597. The number of nitrogens with one attached hydrogen (secondary N) is 2. The van der Waals surface area contributed by atoms with E-state index < -0.39 is 17.9 Å². The normalized spacial score (nSPS) is 12.0. The van der Waals surface area contributed by atoms with Crippen LogP contribution in [0.15, 0.2) is 47.8 Å². The zero-order chi connectivity index (χ0) is 18.7. The summed E-state index contributed by atoms with van der Waals surface area (Å²) in [5.41, 5.74) is 2.04. The molecule has 3 N–H and O–H groups in total. The van der Waals surface area contributed by atoms with E-state index in [2.05, 4.69) is 10.6 Å². The van der Waals surface area contributed by atoms with Crippen LogP contribution in [0.2, 0.25) is 5.02 Å². The van der Waals surface area contributed by atoms with Gasteiger partial charge in [0.25, 0.3) is 0 Å². The summed E-state index contributed by atoms with van der Waals surface area (Å²) in [6, 6.07) is 12.7. The number of thiophene rings is 1. The van der Waals surface area contributed by atoms with Crippen molar-refractivity contribution in [2.24, 2.45) is 0 Å². The Balaban J connectivity index is 1.59. The van der Waals surface area contributed by atoms with Crippen molar-refractivity contribution in [3.8, 4) is 0 Å². The second kappa shape index (κ2) is 7.86. The van der Waals surface area contributed by atoms with Crippen molar-refractivity contribution in [2.75, 3.05) is 11.9 Å². The summed E-state index contributed by atoms with van der Waals surface area (Å²) in [4.78, 5) is 23.9. The number of amides is 2. The number of carbonyl (C=O) groups excluding carboxylic acids is 2. The highest BCUT2D eigenvalue weighted by atomic mass is 35.5. The van der Waals surface area contributed by atoms with Gasteiger partial charge in [0.2, 0.25) is 0 Å². The molecule has 26 heavy (non-hydrogen) atoms. The number of carbonyl (C=O) groups is 2. The van der Waals surface area contributed by atoms with Crippen LogP contribution in [0.1, 0.15) is 17.2 Å². The number of aryl methyl sites for hydroxylation is 1. The molecule has 0 aliphatic carbocycles. The van der Waals surface area contributed by atoms with Crippen molar-refractivity contribution in [2.45, 2.75) is 13.0 Å². The predicted octanol–water partition coefficient (Wildman–Crippen LogP) is 3.65. The van der Waals surface area contributed by atoms with Crippen LogP contribution in [-0.2, 0) is 9.59 Å². The first-order chi connectivity index (χ1) is 12.5. The number of aliphatic hydroxyl groups excluding tert-OH is 1. The fraction of sp³-hybridized carbons (Fsp3) is 0.158. The third-order valence-corrected chi connectivity index (χ3v) is 5.35. The third-order valence-electron chi connectivity index (χ3n) is 3.96. The Morgan fingerprint density at radius 3 is 2.73 bits per heavy atom. The number of hydrogen-bond acceptors (Lipinski definition) is 4. The minimum absolute atomic E-state index is 0.0539. The molecular weight excluding hydrogens is 372 g/mol. The highest BCUT2D eigenvalue weighted by Crippen LogP contribution is 2.29. The summed E-state index contributed by atoms with van der Waals surface area (Å²) in [6.45, 7) is 1.79. The fourth-order valence-electron chi connectivity index (χ4n) is 2.49. The van der Waals surface area contributed by atoms with Gasteiger partial charge in [0, 0.05) is 27.5 Å². The molecular formula is C19H17ClN2O3S. The molecule has 3 aromatic rings. The first-order valence-electron chi connectivity index (χ1n) is 7.95. The van der Waals surface area contributed by atoms with Gasteiger partial charge in [0.1, 0.15) is 0 Å². The molecule has 134 valence electrons. The predicted molar refractivity (Wildman–Crippen MR) is 105 cm³/mol. The maximum atomic E-state index is 12.0. The molecule has 0 saturated carbocycles. The van der Waals surface area contributed by atoms with Gasteiger partial charge in [0.05, 0.1) is 6.10 Å². The number of hydrogen-bond donors (Lipinski definition) is 3. The van der Waals surface area contributed by atoms with Gasteiger partial charge in [-0.15, -0.1) is 11.3 Å². The standard InChI is InChI=1S/C19H17ClN2O3S/c1-11-6-7-12(8-15(11)20)22-19(25)18(24)21-9-16(23)14-10-26-17-5-3-2-4-13(14)17/h2-8,10,16,23H,9H2,1H3,(H,21,24)(H,22,25). The molecule has 5 nitrogen and oxygen atoms in total. The lowest BCUT2D eigenvalue weighted by molar-refractivity contribution is -0.136. The lowest BCUT2D eigenvalue weighted by Gasteiger charge is -2.12. The Kier molecular flexibility index (Phi) is 5.56. The van der Waals surface area contributed by atoms with Gasteiger partial charge in [-0.2, -0.15) is 0 Å². The van der Waals surface area contributed by atoms with E-state index in [1.165, 1.54) is 11.3 Å². The molecule has 1 unspecified atom stereocenters. The monoisotopic (exact) mass is 388 g/mol. The van der Waals surface area contributed by atoms with E-state index in [4.69, 9.17) is 11.6 Å². The highest BCUT2D eigenvalue weighted by Gasteiger charge is 2.18.